The van der Waals surface area contributed by atoms with Crippen molar-refractivity contribution in [2.24, 2.45) is 5.92 Å². The molecule has 2 aliphatic rings. The third kappa shape index (κ3) is 5.09. The van der Waals surface area contributed by atoms with Gasteiger partial charge in [-0.3, -0.25) is 9.59 Å². The molecule has 9 heteroatoms. The number of carbonyl (C=O) groups is 2. The van der Waals surface area contributed by atoms with Gasteiger partial charge in [-0.15, -0.1) is 6.58 Å². The highest BCUT2D eigenvalue weighted by molar-refractivity contribution is 6.91. The summed E-state index contributed by atoms with van der Waals surface area (Å²) >= 11 is 0. The molecule has 0 saturated carbocycles. The summed E-state index contributed by atoms with van der Waals surface area (Å²) in [7, 11) is -0.629. The molecular weight excluding hydrogens is 582 g/mol. The lowest BCUT2D eigenvalue weighted by Gasteiger charge is -2.37. The number of para-hydroxylation sites is 1. The third-order valence-corrected chi connectivity index (χ3v) is 14.2. The van der Waals surface area contributed by atoms with Crippen molar-refractivity contribution < 1.29 is 24.2 Å². The van der Waals surface area contributed by atoms with E-state index in [2.05, 4.69) is 49.0 Å². The van der Waals surface area contributed by atoms with Gasteiger partial charge in [0.15, 0.2) is 5.60 Å². The van der Waals surface area contributed by atoms with Gasteiger partial charge in [-0.2, -0.15) is 0 Å². The fourth-order valence-corrected chi connectivity index (χ4v) is 11.8. The Bertz CT molecular complexity index is 1750. The van der Waals surface area contributed by atoms with Crippen LogP contribution < -0.4 is 20.1 Å². The van der Waals surface area contributed by atoms with Crippen LogP contribution in [0, 0.1) is 5.92 Å². The molecule has 3 N–H and O–H groups in total. The first-order valence-corrected chi connectivity index (χ1v) is 18.6. The Balaban J connectivity index is 1.37. The van der Waals surface area contributed by atoms with E-state index in [0.717, 1.165) is 33.5 Å². The van der Waals surface area contributed by atoms with Crippen LogP contribution >= 0.6 is 0 Å². The van der Waals surface area contributed by atoms with Gasteiger partial charge in [0.1, 0.15) is 5.75 Å². The van der Waals surface area contributed by atoms with E-state index in [4.69, 9.17) is 9.47 Å². The minimum absolute atomic E-state index is 0.0265. The molecule has 1 aromatic heterocycles. The molecule has 6 rings (SSSR count). The first kappa shape index (κ1) is 30.8. The van der Waals surface area contributed by atoms with Crippen LogP contribution in [0.5, 0.6) is 5.75 Å². The van der Waals surface area contributed by atoms with Crippen molar-refractivity contribution >= 4 is 47.4 Å². The highest BCUT2D eigenvalue weighted by atomic mass is 28.3. The first-order chi connectivity index (χ1) is 21.6. The number of nitrogens with zero attached hydrogens (tertiary/aromatic N) is 1. The zero-order chi connectivity index (χ0) is 31.9. The highest BCUT2D eigenvalue weighted by Crippen LogP contribution is 2.60. The molecule has 3 heterocycles. The second-order valence-corrected chi connectivity index (χ2v) is 17.4. The maximum atomic E-state index is 14.5. The van der Waals surface area contributed by atoms with E-state index < -0.39 is 13.7 Å². The van der Waals surface area contributed by atoms with Crippen molar-refractivity contribution in [3.63, 3.8) is 0 Å². The monoisotopic (exact) mass is 623 g/mol. The van der Waals surface area contributed by atoms with E-state index >= 15 is 0 Å². The summed E-state index contributed by atoms with van der Waals surface area (Å²) in [4.78, 5) is 32.7. The van der Waals surface area contributed by atoms with Gasteiger partial charge in [-0.25, -0.2) is 0 Å². The van der Waals surface area contributed by atoms with Crippen LogP contribution in [0.15, 0.2) is 85.6 Å². The molecule has 0 aliphatic carbocycles. The number of ether oxygens (including phenoxy) is 2. The van der Waals surface area contributed by atoms with E-state index in [1.165, 1.54) is 5.19 Å². The van der Waals surface area contributed by atoms with Crippen LogP contribution in [-0.2, 0) is 26.3 Å². The van der Waals surface area contributed by atoms with Crippen molar-refractivity contribution in [3.05, 3.63) is 96.7 Å². The number of aromatic nitrogens is 1. The number of H-pyrrole nitrogens is 1. The van der Waals surface area contributed by atoms with Gasteiger partial charge in [-0.05, 0) is 53.9 Å². The number of aromatic amines is 1. The number of hydrogen-bond acceptors (Lipinski definition) is 5. The number of benzene rings is 3. The summed E-state index contributed by atoms with van der Waals surface area (Å²) in [6.07, 6.45) is 3.90. The molecule has 1 saturated heterocycles. The Morgan fingerprint density at radius 2 is 1.93 bits per heavy atom. The molecule has 0 unspecified atom stereocenters. The van der Waals surface area contributed by atoms with Gasteiger partial charge in [0, 0.05) is 47.4 Å². The van der Waals surface area contributed by atoms with Crippen LogP contribution in [0.25, 0.3) is 10.9 Å². The first-order valence-electron chi connectivity index (χ1n) is 15.5. The molecule has 0 bridgehead atoms. The zero-order valence-electron chi connectivity index (χ0n) is 26.3. The predicted octanol–water partition coefficient (Wildman–Crippen LogP) is 5.49. The number of fused-ring (bicyclic) bond motifs is 3. The summed E-state index contributed by atoms with van der Waals surface area (Å²) < 4.78 is 12.4. The van der Waals surface area contributed by atoms with E-state index in [0.29, 0.717) is 18.7 Å². The summed E-state index contributed by atoms with van der Waals surface area (Å²) in [5.41, 5.74) is 2.79. The Hall–Kier alpha value is -4.18. The van der Waals surface area contributed by atoms with Gasteiger partial charge in [0.25, 0.3) is 5.91 Å². The van der Waals surface area contributed by atoms with Gasteiger partial charge in [0.2, 0.25) is 5.91 Å². The van der Waals surface area contributed by atoms with Crippen molar-refractivity contribution in [2.45, 2.75) is 50.1 Å². The maximum absolute atomic E-state index is 14.5. The predicted molar refractivity (Wildman–Crippen MR) is 181 cm³/mol. The Kier molecular flexibility index (Phi) is 8.19. The lowest BCUT2D eigenvalue weighted by Crippen LogP contribution is -2.51. The van der Waals surface area contributed by atoms with Crippen molar-refractivity contribution in [1.29, 1.82) is 0 Å². The van der Waals surface area contributed by atoms with E-state index in [1.807, 2.05) is 60.8 Å². The smallest absolute Gasteiger partial charge is 0.264 e. The van der Waals surface area contributed by atoms with Gasteiger partial charge in [-0.1, -0.05) is 61.6 Å². The van der Waals surface area contributed by atoms with Crippen LogP contribution in [0.4, 0.5) is 11.4 Å². The fraction of sp³-hybridized carbons (Fsp3) is 0.333. The number of amides is 2. The van der Waals surface area contributed by atoms with Gasteiger partial charge in [0.05, 0.1) is 33.4 Å². The average Bonchev–Trinajstić information content (AvgIpc) is 3.65. The second kappa shape index (κ2) is 12.0. The third-order valence-electron chi connectivity index (χ3n) is 9.87. The second-order valence-electron chi connectivity index (χ2n) is 12.7. The maximum Gasteiger partial charge on any atom is 0.264 e. The largest absolute Gasteiger partial charge is 0.497 e. The molecule has 4 aromatic rings. The number of methoxy groups -OCH3 is 1. The van der Waals surface area contributed by atoms with Crippen LogP contribution in [-0.4, -0.2) is 56.3 Å². The molecule has 8 nitrogen and oxygen atoms in total. The van der Waals surface area contributed by atoms with E-state index in [1.54, 1.807) is 18.1 Å². The fourth-order valence-electron chi connectivity index (χ4n) is 7.75. The summed E-state index contributed by atoms with van der Waals surface area (Å²) in [6, 6.07) is 21.7. The standard InChI is InChI=1S/C36H41N3O5Si/c1-6-18-39-31-16-11-25(38-33(41)20-24-22-37-30-10-8-7-9-28(24)30)21-29(31)36(35(39)42)23(2)34(32(44-36)17-19-40)45(4,5)27-14-12-26(43-3)13-15-27/h6-16,21-23,32,34,37,40H,1,17-20H2,2-5H3,(H,38,41)/t23-,32+,34-,36+/m1/s1. The molecular formula is C36H41N3O5Si. The molecule has 0 radical (unpaired) electrons. The van der Waals surface area contributed by atoms with E-state index in [9.17, 15) is 14.7 Å². The minimum Gasteiger partial charge on any atom is -0.497 e. The zero-order valence-corrected chi connectivity index (χ0v) is 27.3. The molecule has 45 heavy (non-hydrogen) atoms. The molecule has 1 spiro atoms. The number of rotatable bonds is 10. The Morgan fingerprint density at radius 3 is 2.64 bits per heavy atom. The Morgan fingerprint density at radius 1 is 1.18 bits per heavy atom. The van der Waals surface area contributed by atoms with Crippen LogP contribution in [0.1, 0.15) is 24.5 Å². The topological polar surface area (TPSA) is 104 Å². The molecule has 1 fully saturated rings. The number of carbonyl (C=O) groups excluding carboxylic acids is 2. The normalized spacial score (nSPS) is 22.6. The highest BCUT2D eigenvalue weighted by Gasteiger charge is 2.66. The number of nitrogens with one attached hydrogen (secondary N) is 2. The van der Waals surface area contributed by atoms with Gasteiger partial charge >= 0.3 is 0 Å². The summed E-state index contributed by atoms with van der Waals surface area (Å²) in [5.74, 6) is 0.320. The van der Waals surface area contributed by atoms with Crippen LogP contribution in [0.2, 0.25) is 18.6 Å². The molecule has 4 atom stereocenters. The molecule has 2 amide bonds. The number of hydrogen-bond donors (Lipinski definition) is 3. The van der Waals surface area contributed by atoms with E-state index in [-0.39, 0.29) is 42.4 Å². The van der Waals surface area contributed by atoms with Crippen LogP contribution in [0.3, 0.4) is 0 Å². The van der Waals surface area contributed by atoms with Crippen molar-refractivity contribution in [1.82, 2.24) is 4.98 Å². The van der Waals surface area contributed by atoms with Crippen molar-refractivity contribution in [3.8, 4) is 5.75 Å². The quantitative estimate of drug-likeness (QED) is 0.160. The summed E-state index contributed by atoms with van der Waals surface area (Å²) in [6.45, 7) is 10.9. The lowest BCUT2D eigenvalue weighted by molar-refractivity contribution is -0.146. The number of aliphatic hydroxyl groups excluding tert-OH is 1. The minimum atomic E-state index is -2.28. The number of aliphatic hydroxyl groups is 1. The molecule has 234 valence electrons. The average molecular weight is 624 g/mol. The molecule has 3 aromatic carbocycles. The molecule has 2 aliphatic heterocycles. The van der Waals surface area contributed by atoms with Crippen molar-refractivity contribution in [2.75, 3.05) is 30.5 Å². The SMILES string of the molecule is C=CCN1C(=O)[C@@]2(O[C@@H](CCO)[C@H]([Si](C)(C)c3ccc(OC)cc3)[C@H]2C)c2cc(NC(=O)Cc3c[nH]c4ccccc34)ccc21. The van der Waals surface area contributed by atoms with Gasteiger partial charge < -0.3 is 29.8 Å². The Labute approximate surface area is 265 Å². The number of anilines is 2. The summed E-state index contributed by atoms with van der Waals surface area (Å²) in [5, 5.41) is 15.5. The lowest BCUT2D eigenvalue weighted by atomic mass is 9.82.